The van der Waals surface area contributed by atoms with E-state index in [9.17, 15) is 9.59 Å². The van der Waals surface area contributed by atoms with Gasteiger partial charge in [0.2, 0.25) is 5.91 Å². The molecule has 8 nitrogen and oxygen atoms in total. The molecule has 0 fully saturated rings. The van der Waals surface area contributed by atoms with Crippen molar-refractivity contribution in [2.75, 3.05) is 27.9 Å². The number of nitrogens with one attached hydrogen (secondary N) is 2. The van der Waals surface area contributed by atoms with Crippen LogP contribution in [-0.2, 0) is 24.1 Å². The van der Waals surface area contributed by atoms with E-state index in [0.717, 1.165) is 50.8 Å². The van der Waals surface area contributed by atoms with E-state index in [0.29, 0.717) is 42.9 Å². The summed E-state index contributed by atoms with van der Waals surface area (Å²) in [5, 5.41) is 5.53. The molecule has 0 aliphatic rings. The number of pyridine rings is 2. The number of nitrogens with zero attached hydrogens (tertiary/aromatic N) is 1. The van der Waals surface area contributed by atoms with Crippen molar-refractivity contribution in [3.05, 3.63) is 69.3 Å². The molecular weight excluding hydrogens is 470 g/mol. The number of fused-ring (bicyclic) bond motifs is 2. The molecular formula is C29H33N3O5. The van der Waals surface area contributed by atoms with E-state index in [1.165, 1.54) is 6.92 Å². The number of methoxy groups -OCH3 is 3. The van der Waals surface area contributed by atoms with Gasteiger partial charge in [-0.05, 0) is 66.6 Å². The SMILES string of the molecule is CCc1[nH]c(=O)c(Cc2cc3cc(OC)ccc3nc2CCCNC(C)=O)c2cc(OC)c(OC)cc12. The van der Waals surface area contributed by atoms with Crippen LogP contribution in [0.4, 0.5) is 0 Å². The number of H-pyrrole nitrogens is 1. The lowest BCUT2D eigenvalue weighted by Gasteiger charge is -2.16. The van der Waals surface area contributed by atoms with E-state index in [2.05, 4.69) is 16.4 Å². The molecule has 0 saturated carbocycles. The number of carbonyl (C=O) groups excluding carboxylic acids is 1. The zero-order valence-corrected chi connectivity index (χ0v) is 22.0. The maximum Gasteiger partial charge on any atom is 0.252 e. The van der Waals surface area contributed by atoms with Crippen molar-refractivity contribution in [2.45, 2.75) is 39.5 Å². The van der Waals surface area contributed by atoms with Gasteiger partial charge in [-0.2, -0.15) is 0 Å². The minimum atomic E-state index is -0.133. The molecule has 4 aromatic rings. The van der Waals surface area contributed by atoms with Crippen LogP contribution in [-0.4, -0.2) is 43.7 Å². The Hall–Kier alpha value is -4.07. The fourth-order valence-electron chi connectivity index (χ4n) is 4.68. The Morgan fingerprint density at radius 2 is 1.73 bits per heavy atom. The molecule has 0 bridgehead atoms. The van der Waals surface area contributed by atoms with E-state index >= 15 is 0 Å². The number of ether oxygens (including phenoxy) is 3. The fraction of sp³-hybridized carbons (Fsp3) is 0.345. The molecule has 0 aliphatic heterocycles. The smallest absolute Gasteiger partial charge is 0.252 e. The third-order valence-electron chi connectivity index (χ3n) is 6.59. The van der Waals surface area contributed by atoms with Crippen molar-refractivity contribution in [3.63, 3.8) is 0 Å². The molecule has 194 valence electrons. The van der Waals surface area contributed by atoms with Gasteiger partial charge in [-0.3, -0.25) is 14.6 Å². The first-order valence-electron chi connectivity index (χ1n) is 12.4. The van der Waals surface area contributed by atoms with Crippen LogP contribution in [0, 0.1) is 0 Å². The summed E-state index contributed by atoms with van der Waals surface area (Å²) in [6.45, 7) is 4.07. The lowest BCUT2D eigenvalue weighted by Crippen LogP contribution is -2.21. The molecule has 0 aliphatic carbocycles. The Morgan fingerprint density at radius 3 is 2.38 bits per heavy atom. The number of aromatic nitrogens is 2. The number of rotatable bonds is 10. The molecule has 0 radical (unpaired) electrons. The Bertz CT molecular complexity index is 1510. The molecule has 2 N–H and O–H groups in total. The van der Waals surface area contributed by atoms with Gasteiger partial charge in [-0.25, -0.2) is 0 Å². The highest BCUT2D eigenvalue weighted by molar-refractivity contribution is 5.91. The molecule has 4 rings (SSSR count). The van der Waals surface area contributed by atoms with Crippen LogP contribution in [0.1, 0.15) is 42.8 Å². The molecule has 2 aromatic carbocycles. The number of hydrogen-bond acceptors (Lipinski definition) is 6. The van der Waals surface area contributed by atoms with Gasteiger partial charge in [0.25, 0.3) is 5.56 Å². The van der Waals surface area contributed by atoms with Crippen LogP contribution in [0.15, 0.2) is 41.2 Å². The second-order valence-corrected chi connectivity index (χ2v) is 8.93. The molecule has 2 aromatic heterocycles. The van der Waals surface area contributed by atoms with E-state index < -0.39 is 0 Å². The Balaban J connectivity index is 1.86. The standard InChI is InChI=1S/C29H33N3O5/c1-6-24-22-16-28(37-5)27(36-4)15-21(22)23(29(34)32-24)14-19-12-18-13-20(35-3)9-10-26(18)31-25(19)8-7-11-30-17(2)33/h9-10,12-13,15-16H,6-8,11,14H2,1-5H3,(H,30,33)(H,32,34). The number of amides is 1. The quantitative estimate of drug-likeness (QED) is 0.313. The van der Waals surface area contributed by atoms with Crippen LogP contribution in [0.5, 0.6) is 17.2 Å². The number of hydrogen-bond donors (Lipinski definition) is 2. The van der Waals surface area contributed by atoms with Gasteiger partial charge in [0, 0.05) is 47.6 Å². The summed E-state index contributed by atoms with van der Waals surface area (Å²) in [5.74, 6) is 1.87. The average Bonchev–Trinajstić information content (AvgIpc) is 2.91. The minimum Gasteiger partial charge on any atom is -0.497 e. The molecule has 1 amide bonds. The highest BCUT2D eigenvalue weighted by atomic mass is 16.5. The van der Waals surface area contributed by atoms with Crippen molar-refractivity contribution in [1.29, 1.82) is 0 Å². The normalized spacial score (nSPS) is 11.1. The molecule has 0 spiro atoms. The summed E-state index contributed by atoms with van der Waals surface area (Å²) in [6.07, 6.45) is 2.46. The highest BCUT2D eigenvalue weighted by Crippen LogP contribution is 2.35. The maximum absolute atomic E-state index is 13.4. The molecule has 37 heavy (non-hydrogen) atoms. The summed E-state index contributed by atoms with van der Waals surface area (Å²) in [5.41, 5.74) is 4.06. The first-order chi connectivity index (χ1) is 17.9. The number of carbonyl (C=O) groups is 1. The van der Waals surface area contributed by atoms with Crippen molar-refractivity contribution in [1.82, 2.24) is 15.3 Å². The Labute approximate surface area is 216 Å². The number of benzene rings is 2. The largest absolute Gasteiger partial charge is 0.497 e. The highest BCUT2D eigenvalue weighted by Gasteiger charge is 2.18. The topological polar surface area (TPSA) is 103 Å². The number of aromatic amines is 1. The van der Waals surface area contributed by atoms with E-state index in [1.54, 1.807) is 21.3 Å². The van der Waals surface area contributed by atoms with Gasteiger partial charge < -0.3 is 24.5 Å². The second-order valence-electron chi connectivity index (χ2n) is 8.93. The van der Waals surface area contributed by atoms with Gasteiger partial charge in [-0.15, -0.1) is 0 Å². The van der Waals surface area contributed by atoms with Crippen molar-refractivity contribution < 1.29 is 19.0 Å². The summed E-state index contributed by atoms with van der Waals surface area (Å²) in [7, 11) is 4.82. The van der Waals surface area contributed by atoms with Crippen LogP contribution in [0.3, 0.4) is 0 Å². The minimum absolute atomic E-state index is 0.0582. The van der Waals surface area contributed by atoms with Gasteiger partial charge in [0.15, 0.2) is 11.5 Å². The first-order valence-corrected chi connectivity index (χ1v) is 12.4. The third kappa shape index (κ3) is 5.53. The molecule has 0 saturated heterocycles. The summed E-state index contributed by atoms with van der Waals surface area (Å²) >= 11 is 0. The molecule has 0 unspecified atom stereocenters. The predicted molar refractivity (Wildman–Crippen MR) is 145 cm³/mol. The van der Waals surface area contributed by atoms with Gasteiger partial charge in [0.05, 0.1) is 26.8 Å². The monoisotopic (exact) mass is 503 g/mol. The van der Waals surface area contributed by atoms with Crippen LogP contribution >= 0.6 is 0 Å². The van der Waals surface area contributed by atoms with Gasteiger partial charge >= 0.3 is 0 Å². The molecule has 0 atom stereocenters. The van der Waals surface area contributed by atoms with Gasteiger partial charge in [-0.1, -0.05) is 6.92 Å². The second kappa shape index (κ2) is 11.3. The fourth-order valence-corrected chi connectivity index (χ4v) is 4.68. The van der Waals surface area contributed by atoms with Crippen LogP contribution in [0.25, 0.3) is 21.7 Å². The van der Waals surface area contributed by atoms with Gasteiger partial charge in [0.1, 0.15) is 5.75 Å². The summed E-state index contributed by atoms with van der Waals surface area (Å²) in [6, 6.07) is 11.7. The van der Waals surface area contributed by atoms with Crippen molar-refractivity contribution in [2.24, 2.45) is 0 Å². The van der Waals surface area contributed by atoms with E-state index in [1.807, 2.05) is 37.3 Å². The first kappa shape index (κ1) is 26.0. The lowest BCUT2D eigenvalue weighted by atomic mass is 9.95. The average molecular weight is 504 g/mol. The Kier molecular flexibility index (Phi) is 7.96. The predicted octanol–water partition coefficient (Wildman–Crippen LogP) is 4.32. The van der Waals surface area contributed by atoms with Crippen LogP contribution < -0.4 is 25.1 Å². The summed E-state index contributed by atoms with van der Waals surface area (Å²) < 4.78 is 16.5. The zero-order chi connectivity index (χ0) is 26.5. The number of aryl methyl sites for hydroxylation is 2. The lowest BCUT2D eigenvalue weighted by molar-refractivity contribution is -0.118. The third-order valence-corrected chi connectivity index (χ3v) is 6.59. The van der Waals surface area contributed by atoms with Crippen LogP contribution in [0.2, 0.25) is 0 Å². The van der Waals surface area contributed by atoms with E-state index in [-0.39, 0.29) is 11.5 Å². The maximum atomic E-state index is 13.4. The van der Waals surface area contributed by atoms with Crippen molar-refractivity contribution >= 4 is 27.6 Å². The zero-order valence-electron chi connectivity index (χ0n) is 22.0. The molecule has 8 heteroatoms. The Morgan fingerprint density at radius 1 is 1.00 bits per heavy atom. The summed E-state index contributed by atoms with van der Waals surface area (Å²) in [4.78, 5) is 32.7. The van der Waals surface area contributed by atoms with Crippen molar-refractivity contribution in [3.8, 4) is 17.2 Å². The molecule has 2 heterocycles. The van der Waals surface area contributed by atoms with E-state index in [4.69, 9.17) is 19.2 Å².